The third-order valence-corrected chi connectivity index (χ3v) is 10.6. The van der Waals surface area contributed by atoms with E-state index in [-0.39, 0.29) is 11.5 Å². The molecular formula is C45H75N3O11. The van der Waals surface area contributed by atoms with Gasteiger partial charge >= 0.3 is 17.9 Å². The van der Waals surface area contributed by atoms with E-state index in [9.17, 15) is 33.9 Å². The summed E-state index contributed by atoms with van der Waals surface area (Å²) in [6.45, 7) is 22.9. The van der Waals surface area contributed by atoms with Crippen LogP contribution < -0.4 is 0 Å². The van der Waals surface area contributed by atoms with Crippen LogP contribution in [0.3, 0.4) is 0 Å². The van der Waals surface area contributed by atoms with Gasteiger partial charge in [-0.15, -0.1) is 0 Å². The molecule has 2 rings (SSSR count). The zero-order valence-corrected chi connectivity index (χ0v) is 38.6. The van der Waals surface area contributed by atoms with Gasteiger partial charge in [-0.1, -0.05) is 115 Å². The normalized spacial score (nSPS) is 23.5. The molecule has 2 N–H and O–H groups in total. The molecule has 14 nitrogen and oxygen atoms in total. The average molecular weight is 834 g/mol. The molecule has 1 fully saturated rings. The summed E-state index contributed by atoms with van der Waals surface area (Å²) in [4.78, 5) is 86.3. The molecular weight excluding hydrogens is 759 g/mol. The van der Waals surface area contributed by atoms with Crippen LogP contribution in [0, 0.1) is 35.5 Å². The number of aromatic hydroxyl groups is 2. The highest BCUT2D eigenvalue weighted by Gasteiger charge is 2.45. The smallest absolute Gasteiger partial charge is 0.329 e. The first-order valence-electron chi connectivity index (χ1n) is 21.2. The van der Waals surface area contributed by atoms with Gasteiger partial charge in [-0.2, -0.15) is 0 Å². The van der Waals surface area contributed by atoms with Gasteiger partial charge in [0.05, 0.1) is 0 Å². The first-order chi connectivity index (χ1) is 27.3. The van der Waals surface area contributed by atoms with E-state index in [1.165, 1.54) is 61.2 Å². The van der Waals surface area contributed by atoms with E-state index in [1.807, 2.05) is 0 Å². The van der Waals surface area contributed by atoms with Gasteiger partial charge in [0, 0.05) is 27.2 Å². The molecule has 6 unspecified atom stereocenters. The van der Waals surface area contributed by atoms with Crippen LogP contribution in [0.2, 0.25) is 0 Å². The number of rotatable bonds is 11. The predicted octanol–water partition coefficient (Wildman–Crippen LogP) is 6.37. The van der Waals surface area contributed by atoms with Crippen molar-refractivity contribution in [2.45, 2.75) is 159 Å². The molecule has 14 heteroatoms. The van der Waals surface area contributed by atoms with Crippen LogP contribution in [0.15, 0.2) is 18.2 Å². The van der Waals surface area contributed by atoms with E-state index in [2.05, 4.69) is 6.92 Å². The summed E-state index contributed by atoms with van der Waals surface area (Å²) in [6.07, 6.45) is 1.84. The zero-order chi connectivity index (χ0) is 45.6. The summed E-state index contributed by atoms with van der Waals surface area (Å²) >= 11 is 0. The lowest BCUT2D eigenvalue weighted by atomic mass is 9.97. The van der Waals surface area contributed by atoms with E-state index in [0.717, 1.165) is 18.4 Å². The van der Waals surface area contributed by atoms with Crippen LogP contribution in [0.25, 0.3) is 0 Å². The number of amides is 3. The van der Waals surface area contributed by atoms with E-state index in [4.69, 9.17) is 19.3 Å². The molecule has 0 radical (unpaired) electrons. The van der Waals surface area contributed by atoms with Crippen molar-refractivity contribution in [2.24, 2.45) is 35.5 Å². The van der Waals surface area contributed by atoms with Crippen LogP contribution in [0.1, 0.15) is 121 Å². The number of likely N-dealkylation sites (N-methyl/N-ethyl adjacent to an activating group) is 3. The Kier molecular flexibility index (Phi) is 21.5. The molecule has 1 saturated heterocycles. The fraction of sp³-hybridized carbons (Fsp3) is 0.733. The fourth-order valence-electron chi connectivity index (χ4n) is 7.15. The lowest BCUT2D eigenvalue weighted by Crippen LogP contribution is -2.57. The minimum absolute atomic E-state index is 0.125. The highest BCUT2D eigenvalue weighted by Crippen LogP contribution is 2.26. The Hall–Kier alpha value is -4.36. The highest BCUT2D eigenvalue weighted by atomic mass is 16.6. The number of aryl methyl sites for hydroxylation is 1. The van der Waals surface area contributed by atoms with Crippen LogP contribution in [-0.4, -0.2) is 118 Å². The molecule has 0 saturated carbocycles. The summed E-state index contributed by atoms with van der Waals surface area (Å²) in [5.74, 6) is -6.67. The summed E-state index contributed by atoms with van der Waals surface area (Å²) in [5, 5.41) is 18.6. The first-order valence-corrected chi connectivity index (χ1v) is 21.2. The lowest BCUT2D eigenvalue weighted by Gasteiger charge is -2.38. The van der Waals surface area contributed by atoms with Crippen molar-refractivity contribution in [3.63, 3.8) is 0 Å². The van der Waals surface area contributed by atoms with Crippen LogP contribution in [0.4, 0.5) is 0 Å². The summed E-state index contributed by atoms with van der Waals surface area (Å²) in [7, 11) is 4.30. The molecule has 1 aromatic carbocycles. The van der Waals surface area contributed by atoms with Gasteiger partial charge in [-0.05, 0) is 60.0 Å². The predicted molar refractivity (Wildman–Crippen MR) is 226 cm³/mol. The number of carbonyl (C=O) groups excluding carboxylic acids is 6. The van der Waals surface area contributed by atoms with Crippen molar-refractivity contribution in [1.29, 1.82) is 0 Å². The minimum Gasteiger partial charge on any atom is -0.508 e. The van der Waals surface area contributed by atoms with Crippen molar-refractivity contribution in [2.75, 3.05) is 21.1 Å². The third kappa shape index (κ3) is 14.7. The molecule has 0 aliphatic carbocycles. The topological polar surface area (TPSA) is 180 Å². The highest BCUT2D eigenvalue weighted by molar-refractivity contribution is 5.94. The number of carbonyl (C=O) groups is 6. The van der Waals surface area contributed by atoms with Crippen molar-refractivity contribution in [3.8, 4) is 11.5 Å². The quantitative estimate of drug-likeness (QED) is 0.144. The third-order valence-electron chi connectivity index (χ3n) is 10.6. The number of cyclic esters (lactones) is 3. The Morgan fingerprint density at radius 2 is 0.831 bits per heavy atom. The number of hydrogen-bond donors (Lipinski definition) is 2. The Morgan fingerprint density at radius 3 is 1.08 bits per heavy atom. The zero-order valence-electron chi connectivity index (χ0n) is 38.6. The maximum absolute atomic E-state index is 13.9. The van der Waals surface area contributed by atoms with Gasteiger partial charge in [0.15, 0.2) is 18.3 Å². The van der Waals surface area contributed by atoms with Crippen LogP contribution in [0.5, 0.6) is 11.5 Å². The maximum atomic E-state index is 13.9. The molecule has 336 valence electrons. The maximum Gasteiger partial charge on any atom is 0.329 e. The van der Waals surface area contributed by atoms with Crippen molar-refractivity contribution in [3.05, 3.63) is 23.8 Å². The van der Waals surface area contributed by atoms with Gasteiger partial charge in [0.2, 0.25) is 0 Å². The molecule has 3 amide bonds. The number of hydrogen-bond acceptors (Lipinski definition) is 11. The molecule has 1 aromatic rings. The second-order valence-electron chi connectivity index (χ2n) is 17.8. The molecule has 59 heavy (non-hydrogen) atoms. The average Bonchev–Trinajstić information content (AvgIpc) is 3.12. The largest absolute Gasteiger partial charge is 0.508 e. The number of phenolic OH excluding ortho intramolecular Hbond substituents is 2. The van der Waals surface area contributed by atoms with Gasteiger partial charge in [-0.3, -0.25) is 14.4 Å². The molecule has 1 heterocycles. The number of nitrogens with zero attached hydrogens (tertiary/aromatic N) is 3. The monoisotopic (exact) mass is 834 g/mol. The molecule has 0 aromatic heterocycles. The van der Waals surface area contributed by atoms with Gasteiger partial charge in [0.25, 0.3) is 17.7 Å². The van der Waals surface area contributed by atoms with Crippen molar-refractivity contribution < 1.29 is 53.2 Å². The molecule has 0 bridgehead atoms. The van der Waals surface area contributed by atoms with Gasteiger partial charge in [-0.25, -0.2) is 14.4 Å². The van der Waals surface area contributed by atoms with E-state index in [1.54, 1.807) is 95.2 Å². The minimum atomic E-state index is -1.28. The molecule has 1 aliphatic rings. The Morgan fingerprint density at radius 1 is 0.508 bits per heavy atom. The summed E-state index contributed by atoms with van der Waals surface area (Å²) in [6, 6.07) is 1.47. The number of esters is 3. The standard InChI is InChI=1S/C33H57N3O9.C12H18O2/c1-16(2)22-31(40)43-26(20(9)10)29(38)35(14)24(18(5)6)33(42)45-27(21(11)12)30(39)36(15)23(17(3)4)32(41)44-25(19(7)8)28(37)34(22)13;1-2-3-4-5-6-10-7-8-11(13)9-12(10)14/h16-27H,1-15H3;7-9,13-14H,2-6H2,1H3. The van der Waals surface area contributed by atoms with Crippen molar-refractivity contribution in [1.82, 2.24) is 14.7 Å². The molecule has 0 spiro atoms. The Labute approximate surface area is 353 Å². The first kappa shape index (κ1) is 52.7. The Balaban J connectivity index is 0.00000104. The van der Waals surface area contributed by atoms with Gasteiger partial charge in [0.1, 0.15) is 29.6 Å². The molecule has 6 atom stereocenters. The fourth-order valence-corrected chi connectivity index (χ4v) is 7.15. The summed E-state index contributed by atoms with van der Waals surface area (Å²) < 4.78 is 17.4. The number of phenols is 2. The van der Waals surface area contributed by atoms with Crippen LogP contribution in [-0.2, 0) is 49.4 Å². The SMILES string of the molecule is CC(C)C1OC(=O)C(C(C)C)N(C)C(=O)C(C(C)C)OC(=O)C(C(C)C)N(C)C(=O)C(C(C)C)OC(=O)C(C(C)C)N(C)C1=O.CCCCCCc1ccc(O)cc1O. The van der Waals surface area contributed by atoms with Gasteiger partial charge < -0.3 is 39.1 Å². The van der Waals surface area contributed by atoms with E-state index < -0.39 is 108 Å². The van der Waals surface area contributed by atoms with E-state index in [0.29, 0.717) is 0 Å². The molecule has 1 aliphatic heterocycles. The number of unbranched alkanes of at least 4 members (excludes halogenated alkanes) is 3. The second kappa shape index (κ2) is 24.0. The lowest BCUT2D eigenvalue weighted by molar-refractivity contribution is -0.181. The van der Waals surface area contributed by atoms with E-state index >= 15 is 0 Å². The Bertz CT molecular complexity index is 1420. The van der Waals surface area contributed by atoms with Crippen LogP contribution >= 0.6 is 0 Å². The number of benzene rings is 1. The summed E-state index contributed by atoms with van der Waals surface area (Å²) in [5.41, 5.74) is 0.930. The van der Waals surface area contributed by atoms with Crippen molar-refractivity contribution >= 4 is 35.6 Å². The second-order valence-corrected chi connectivity index (χ2v) is 17.8. The number of ether oxygens (including phenoxy) is 3.